The van der Waals surface area contributed by atoms with Gasteiger partial charge in [0.05, 0.1) is 32.1 Å². The van der Waals surface area contributed by atoms with E-state index in [1.807, 2.05) is 18.9 Å². The maximum atomic E-state index is 12.6. The number of hydrogen-bond donors (Lipinski definition) is 1. The van der Waals surface area contributed by atoms with Gasteiger partial charge in [-0.3, -0.25) is 19.5 Å². The van der Waals surface area contributed by atoms with Gasteiger partial charge in [0.1, 0.15) is 5.75 Å². The van der Waals surface area contributed by atoms with Gasteiger partial charge in [0.2, 0.25) is 5.91 Å². The van der Waals surface area contributed by atoms with Gasteiger partial charge in [0, 0.05) is 43.8 Å². The Morgan fingerprint density at radius 2 is 2.00 bits per heavy atom. The number of nitrogens with one attached hydrogen (secondary N) is 1. The second kappa shape index (κ2) is 9.34. The summed E-state index contributed by atoms with van der Waals surface area (Å²) < 4.78 is 10.6. The van der Waals surface area contributed by atoms with E-state index in [4.69, 9.17) is 9.47 Å². The Hall–Kier alpha value is -2.19. The fraction of sp³-hybridized carbons (Fsp3) is 0.650. The summed E-state index contributed by atoms with van der Waals surface area (Å²) in [6.45, 7) is 5.00. The number of aromatic nitrogens is 1. The second-order valence-electron chi connectivity index (χ2n) is 7.48. The fourth-order valence-electron chi connectivity index (χ4n) is 3.92. The van der Waals surface area contributed by atoms with E-state index in [2.05, 4.69) is 15.2 Å². The summed E-state index contributed by atoms with van der Waals surface area (Å²) in [4.78, 5) is 33.4. The number of nitrogens with zero attached hydrogens (tertiary/aromatic N) is 3. The Morgan fingerprint density at radius 1 is 1.29 bits per heavy atom. The van der Waals surface area contributed by atoms with Crippen LogP contribution in [0.25, 0.3) is 0 Å². The molecule has 0 aliphatic carbocycles. The maximum absolute atomic E-state index is 12.6. The van der Waals surface area contributed by atoms with Crippen molar-refractivity contribution in [2.24, 2.45) is 0 Å². The SMILES string of the molecule is COc1cnc(C)cc1C(=O)NC[C@@H]1CC[C@H](CC(=O)N2CCOCC2)N1C. The van der Waals surface area contributed by atoms with Crippen LogP contribution in [-0.4, -0.2) is 85.7 Å². The van der Waals surface area contributed by atoms with Crippen LogP contribution in [0.15, 0.2) is 12.3 Å². The first-order valence-electron chi connectivity index (χ1n) is 9.86. The van der Waals surface area contributed by atoms with Crippen molar-refractivity contribution < 1.29 is 19.1 Å². The van der Waals surface area contributed by atoms with Crippen LogP contribution in [0.3, 0.4) is 0 Å². The molecule has 28 heavy (non-hydrogen) atoms. The molecule has 2 aliphatic heterocycles. The van der Waals surface area contributed by atoms with E-state index in [9.17, 15) is 9.59 Å². The third-order valence-electron chi connectivity index (χ3n) is 5.73. The first-order chi connectivity index (χ1) is 13.5. The highest BCUT2D eigenvalue weighted by Crippen LogP contribution is 2.25. The van der Waals surface area contributed by atoms with Crippen molar-refractivity contribution in [3.63, 3.8) is 0 Å². The van der Waals surface area contributed by atoms with E-state index >= 15 is 0 Å². The molecule has 2 saturated heterocycles. The summed E-state index contributed by atoms with van der Waals surface area (Å²) in [7, 11) is 3.57. The molecule has 1 N–H and O–H groups in total. The number of likely N-dealkylation sites (N-methyl/N-ethyl adjacent to an activating group) is 1. The van der Waals surface area contributed by atoms with Crippen LogP contribution in [0.5, 0.6) is 5.75 Å². The molecule has 0 unspecified atom stereocenters. The summed E-state index contributed by atoms with van der Waals surface area (Å²) in [5, 5.41) is 3.01. The third-order valence-corrected chi connectivity index (χ3v) is 5.73. The molecule has 1 aromatic heterocycles. The van der Waals surface area contributed by atoms with Gasteiger partial charge in [-0.15, -0.1) is 0 Å². The van der Waals surface area contributed by atoms with Gasteiger partial charge in [0.15, 0.2) is 0 Å². The summed E-state index contributed by atoms with van der Waals surface area (Å²) in [6, 6.07) is 2.17. The van der Waals surface area contributed by atoms with E-state index < -0.39 is 0 Å². The molecule has 2 fully saturated rings. The highest BCUT2D eigenvalue weighted by Gasteiger charge is 2.33. The maximum Gasteiger partial charge on any atom is 0.255 e. The van der Waals surface area contributed by atoms with Crippen molar-refractivity contribution in [1.82, 2.24) is 20.1 Å². The van der Waals surface area contributed by atoms with E-state index in [1.165, 1.54) is 7.11 Å². The summed E-state index contributed by atoms with van der Waals surface area (Å²) >= 11 is 0. The van der Waals surface area contributed by atoms with Crippen molar-refractivity contribution in [3.8, 4) is 5.75 Å². The number of carbonyl (C=O) groups excluding carboxylic acids is 2. The van der Waals surface area contributed by atoms with Gasteiger partial charge in [-0.25, -0.2) is 0 Å². The normalized spacial score (nSPS) is 22.9. The fourth-order valence-corrected chi connectivity index (χ4v) is 3.92. The lowest BCUT2D eigenvalue weighted by Gasteiger charge is -2.30. The third kappa shape index (κ3) is 4.80. The predicted molar refractivity (Wildman–Crippen MR) is 104 cm³/mol. The van der Waals surface area contributed by atoms with Gasteiger partial charge < -0.3 is 19.7 Å². The number of morpholine rings is 1. The molecule has 3 rings (SSSR count). The number of aryl methyl sites for hydroxylation is 1. The van der Waals surface area contributed by atoms with E-state index in [-0.39, 0.29) is 23.9 Å². The Morgan fingerprint density at radius 3 is 2.71 bits per heavy atom. The molecule has 1 aromatic rings. The number of hydrogen-bond acceptors (Lipinski definition) is 6. The number of carbonyl (C=O) groups is 2. The van der Waals surface area contributed by atoms with Crippen LogP contribution in [0.4, 0.5) is 0 Å². The van der Waals surface area contributed by atoms with Crippen LogP contribution in [0.2, 0.25) is 0 Å². The lowest BCUT2D eigenvalue weighted by Crippen LogP contribution is -2.45. The largest absolute Gasteiger partial charge is 0.494 e. The molecule has 8 heteroatoms. The van der Waals surface area contributed by atoms with Crippen molar-refractivity contribution in [1.29, 1.82) is 0 Å². The molecule has 0 aromatic carbocycles. The lowest BCUT2D eigenvalue weighted by atomic mass is 10.1. The Bertz CT molecular complexity index is 705. The quantitative estimate of drug-likeness (QED) is 0.775. The topological polar surface area (TPSA) is 84.0 Å². The first-order valence-corrected chi connectivity index (χ1v) is 9.86. The molecule has 0 radical (unpaired) electrons. The van der Waals surface area contributed by atoms with E-state index in [0.717, 1.165) is 18.5 Å². The number of likely N-dealkylation sites (tertiary alicyclic amines) is 1. The molecule has 0 saturated carbocycles. The van der Waals surface area contributed by atoms with E-state index in [1.54, 1.807) is 12.3 Å². The van der Waals surface area contributed by atoms with Crippen molar-refractivity contribution in [2.75, 3.05) is 47.0 Å². The van der Waals surface area contributed by atoms with Crippen LogP contribution < -0.4 is 10.1 Å². The zero-order valence-electron chi connectivity index (χ0n) is 16.9. The number of amides is 2. The number of rotatable bonds is 6. The Balaban J connectivity index is 1.51. The summed E-state index contributed by atoms with van der Waals surface area (Å²) in [6.07, 6.45) is 4.02. The second-order valence-corrected chi connectivity index (χ2v) is 7.48. The molecule has 0 spiro atoms. The summed E-state index contributed by atoms with van der Waals surface area (Å²) in [5.74, 6) is 0.502. The molecular weight excluding hydrogens is 360 g/mol. The summed E-state index contributed by atoms with van der Waals surface area (Å²) in [5.41, 5.74) is 1.26. The van der Waals surface area contributed by atoms with Gasteiger partial charge in [-0.2, -0.15) is 0 Å². The molecule has 2 aliphatic rings. The lowest BCUT2D eigenvalue weighted by molar-refractivity contribution is -0.136. The number of ether oxygens (including phenoxy) is 2. The highest BCUT2D eigenvalue weighted by molar-refractivity contribution is 5.96. The monoisotopic (exact) mass is 390 g/mol. The number of pyridine rings is 1. The van der Waals surface area contributed by atoms with Crippen LogP contribution in [0, 0.1) is 6.92 Å². The van der Waals surface area contributed by atoms with Crippen LogP contribution >= 0.6 is 0 Å². The minimum absolute atomic E-state index is 0.163. The Kier molecular flexibility index (Phi) is 6.85. The molecule has 0 bridgehead atoms. The zero-order valence-corrected chi connectivity index (χ0v) is 16.9. The van der Waals surface area contributed by atoms with Gasteiger partial charge in [0.25, 0.3) is 5.91 Å². The molecule has 2 amide bonds. The standard InChI is InChI=1S/C20H30N4O4/c1-14-10-17(18(27-3)13-21-14)20(26)22-12-16-5-4-15(23(16)2)11-19(25)24-6-8-28-9-7-24/h10,13,15-16H,4-9,11-12H2,1-3H3,(H,22,26)/t15-,16+/m1/s1. The average Bonchev–Trinajstić information content (AvgIpc) is 3.06. The van der Waals surface area contributed by atoms with Crippen LogP contribution in [0.1, 0.15) is 35.3 Å². The molecule has 8 nitrogen and oxygen atoms in total. The molecule has 2 atom stereocenters. The minimum atomic E-state index is -0.163. The predicted octanol–water partition coefficient (Wildman–Crippen LogP) is 0.840. The minimum Gasteiger partial charge on any atom is -0.494 e. The van der Waals surface area contributed by atoms with Crippen molar-refractivity contribution in [2.45, 2.75) is 38.3 Å². The van der Waals surface area contributed by atoms with Gasteiger partial charge >= 0.3 is 0 Å². The Labute approximate surface area is 166 Å². The molecular formula is C20H30N4O4. The van der Waals surface area contributed by atoms with E-state index in [0.29, 0.717) is 50.6 Å². The first kappa shape index (κ1) is 20.5. The molecule has 154 valence electrons. The van der Waals surface area contributed by atoms with Crippen molar-refractivity contribution >= 4 is 11.8 Å². The van der Waals surface area contributed by atoms with Gasteiger partial charge in [-0.1, -0.05) is 0 Å². The average molecular weight is 390 g/mol. The van der Waals surface area contributed by atoms with Crippen LogP contribution in [-0.2, 0) is 9.53 Å². The smallest absolute Gasteiger partial charge is 0.255 e. The number of methoxy groups -OCH3 is 1. The highest BCUT2D eigenvalue weighted by atomic mass is 16.5. The zero-order chi connectivity index (χ0) is 20.1. The molecule has 3 heterocycles. The van der Waals surface area contributed by atoms with Gasteiger partial charge in [-0.05, 0) is 32.9 Å². The van der Waals surface area contributed by atoms with Crippen molar-refractivity contribution in [3.05, 3.63) is 23.5 Å².